The van der Waals surface area contributed by atoms with Gasteiger partial charge in [-0.25, -0.2) is 9.07 Å². The Morgan fingerprint density at radius 3 is 2.41 bits per heavy atom. The van der Waals surface area contributed by atoms with E-state index in [2.05, 4.69) is 15.3 Å². The molecule has 150 valence electrons. The molecular weight excluding hydrogens is 386 g/mol. The zero-order chi connectivity index (χ0) is 17.1. The molecule has 1 aromatic carbocycles. The summed E-state index contributed by atoms with van der Waals surface area (Å²) in [6, 6.07) is 6.91. The largest absolute Gasteiger partial charge is 0.317 e. The molecule has 2 fully saturated rings. The van der Waals surface area contributed by atoms with Crippen molar-refractivity contribution in [3.05, 3.63) is 48.0 Å². The molecule has 27 heavy (non-hydrogen) atoms. The molecule has 1 aromatic heterocycles. The molecule has 2 aliphatic heterocycles. The van der Waals surface area contributed by atoms with Gasteiger partial charge in [0.25, 0.3) is 0 Å². The van der Waals surface area contributed by atoms with E-state index in [1.807, 2.05) is 23.0 Å². The summed E-state index contributed by atoms with van der Waals surface area (Å²) < 4.78 is 15.6. The summed E-state index contributed by atoms with van der Waals surface area (Å²) in [5.74, 6) is 1.60. The predicted molar refractivity (Wildman–Crippen MR) is 112 cm³/mol. The summed E-state index contributed by atoms with van der Waals surface area (Å²) in [4.78, 5) is 2.47. The maximum atomic E-state index is 13.8. The van der Waals surface area contributed by atoms with E-state index in [1.165, 1.54) is 44.8 Å². The van der Waals surface area contributed by atoms with Crippen molar-refractivity contribution in [2.75, 3.05) is 26.2 Å². The second-order valence-corrected chi connectivity index (χ2v) is 7.42. The lowest BCUT2D eigenvalue weighted by Gasteiger charge is -2.38. The highest BCUT2D eigenvalue weighted by atomic mass is 35.5. The first-order valence-corrected chi connectivity index (χ1v) is 9.51. The Labute approximate surface area is 173 Å². The number of nitrogens with one attached hydrogen (secondary N) is 1. The van der Waals surface area contributed by atoms with Crippen molar-refractivity contribution in [3.63, 3.8) is 0 Å². The number of piperidine rings is 2. The van der Waals surface area contributed by atoms with E-state index in [9.17, 15) is 4.39 Å². The summed E-state index contributed by atoms with van der Waals surface area (Å²) in [5.41, 5.74) is 2.00. The molecule has 0 bridgehead atoms. The van der Waals surface area contributed by atoms with Gasteiger partial charge in [0.15, 0.2) is 0 Å². The van der Waals surface area contributed by atoms with Crippen LogP contribution in [0.3, 0.4) is 0 Å². The van der Waals surface area contributed by atoms with Crippen molar-refractivity contribution in [1.29, 1.82) is 0 Å². The third-order valence-corrected chi connectivity index (χ3v) is 5.87. The lowest BCUT2D eigenvalue weighted by molar-refractivity contribution is 0.126. The molecule has 3 heterocycles. The minimum atomic E-state index is -0.171. The molecule has 2 aliphatic rings. The second kappa shape index (κ2) is 10.4. The fourth-order valence-corrected chi connectivity index (χ4v) is 4.45. The van der Waals surface area contributed by atoms with Gasteiger partial charge in [0.05, 0.1) is 5.69 Å². The molecule has 4 rings (SSSR count). The number of halogens is 3. The molecule has 7 heteroatoms. The van der Waals surface area contributed by atoms with Crippen LogP contribution in [0, 0.1) is 17.7 Å². The minimum absolute atomic E-state index is 0. The standard InChI is InChI=1S/C20H27FN4.2ClH/c21-19-2-3-20(25-11-1-8-23-25)18(14-19)15-24-12-6-17(7-13-24)16-4-9-22-10-5-16;;/h1-3,8,11,14,16-17,22H,4-7,9-10,12-13,15H2;2*1H. The number of aromatic nitrogens is 2. The van der Waals surface area contributed by atoms with Gasteiger partial charge in [-0.3, -0.25) is 4.90 Å². The van der Waals surface area contributed by atoms with Gasteiger partial charge in [-0.2, -0.15) is 5.10 Å². The lowest BCUT2D eigenvalue weighted by atomic mass is 9.79. The van der Waals surface area contributed by atoms with E-state index in [0.29, 0.717) is 0 Å². The van der Waals surface area contributed by atoms with Crippen LogP contribution in [0.2, 0.25) is 0 Å². The van der Waals surface area contributed by atoms with Gasteiger partial charge in [-0.1, -0.05) is 0 Å². The summed E-state index contributed by atoms with van der Waals surface area (Å²) >= 11 is 0. The van der Waals surface area contributed by atoms with Crippen molar-refractivity contribution >= 4 is 24.8 Å². The van der Waals surface area contributed by atoms with Gasteiger partial charge >= 0.3 is 0 Å². The number of hydrogen-bond donors (Lipinski definition) is 1. The van der Waals surface area contributed by atoms with Crippen LogP contribution in [0.4, 0.5) is 4.39 Å². The molecule has 4 nitrogen and oxygen atoms in total. The smallest absolute Gasteiger partial charge is 0.123 e. The van der Waals surface area contributed by atoms with Crippen molar-refractivity contribution in [1.82, 2.24) is 20.0 Å². The number of likely N-dealkylation sites (tertiary alicyclic amines) is 1. The van der Waals surface area contributed by atoms with Gasteiger partial charge in [0, 0.05) is 18.9 Å². The third-order valence-electron chi connectivity index (χ3n) is 5.87. The maximum Gasteiger partial charge on any atom is 0.123 e. The Hall–Kier alpha value is -1.14. The van der Waals surface area contributed by atoms with Crippen molar-refractivity contribution < 1.29 is 4.39 Å². The maximum absolute atomic E-state index is 13.8. The molecule has 2 saturated heterocycles. The minimum Gasteiger partial charge on any atom is -0.317 e. The highest BCUT2D eigenvalue weighted by Crippen LogP contribution is 2.31. The average molecular weight is 415 g/mol. The highest BCUT2D eigenvalue weighted by Gasteiger charge is 2.27. The van der Waals surface area contributed by atoms with E-state index >= 15 is 0 Å². The molecule has 0 radical (unpaired) electrons. The summed E-state index contributed by atoms with van der Waals surface area (Å²) in [7, 11) is 0. The summed E-state index contributed by atoms with van der Waals surface area (Å²) in [6.07, 6.45) is 8.89. The fourth-order valence-electron chi connectivity index (χ4n) is 4.45. The zero-order valence-electron chi connectivity index (χ0n) is 15.5. The first-order chi connectivity index (χ1) is 12.3. The Balaban J connectivity index is 0.00000131. The quantitative estimate of drug-likeness (QED) is 0.818. The van der Waals surface area contributed by atoms with Crippen LogP contribution in [-0.4, -0.2) is 40.9 Å². The van der Waals surface area contributed by atoms with Crippen LogP contribution in [0.5, 0.6) is 0 Å². The van der Waals surface area contributed by atoms with Crippen LogP contribution in [0.25, 0.3) is 5.69 Å². The molecule has 2 aromatic rings. The number of nitrogens with zero attached hydrogens (tertiary/aromatic N) is 3. The van der Waals surface area contributed by atoms with Gasteiger partial charge in [-0.05, 0) is 93.5 Å². The van der Waals surface area contributed by atoms with Crippen LogP contribution >= 0.6 is 24.8 Å². The van der Waals surface area contributed by atoms with Crippen molar-refractivity contribution in [3.8, 4) is 5.69 Å². The van der Waals surface area contributed by atoms with Gasteiger partial charge < -0.3 is 5.32 Å². The molecule has 0 unspecified atom stereocenters. The molecular formula is C20H29Cl2FN4. The van der Waals surface area contributed by atoms with E-state index in [0.717, 1.165) is 42.7 Å². The normalized spacial score (nSPS) is 19.3. The van der Waals surface area contributed by atoms with E-state index < -0.39 is 0 Å². The van der Waals surface area contributed by atoms with Crippen LogP contribution in [0.15, 0.2) is 36.7 Å². The first-order valence-electron chi connectivity index (χ1n) is 9.51. The monoisotopic (exact) mass is 414 g/mol. The van der Waals surface area contributed by atoms with Crippen molar-refractivity contribution in [2.45, 2.75) is 32.2 Å². The van der Waals surface area contributed by atoms with Crippen LogP contribution < -0.4 is 5.32 Å². The Kier molecular flexibility index (Phi) is 8.55. The molecule has 0 saturated carbocycles. The van der Waals surface area contributed by atoms with Crippen LogP contribution in [0.1, 0.15) is 31.2 Å². The molecule has 0 spiro atoms. The van der Waals surface area contributed by atoms with E-state index in [-0.39, 0.29) is 30.6 Å². The predicted octanol–water partition coefficient (Wildman–Crippen LogP) is 4.07. The zero-order valence-corrected chi connectivity index (χ0v) is 17.2. The van der Waals surface area contributed by atoms with Crippen LogP contribution in [-0.2, 0) is 6.54 Å². The average Bonchev–Trinajstić information content (AvgIpc) is 3.18. The van der Waals surface area contributed by atoms with Gasteiger partial charge in [0.1, 0.15) is 5.82 Å². The molecule has 1 N–H and O–H groups in total. The Morgan fingerprint density at radius 1 is 1.04 bits per heavy atom. The molecule has 0 amide bonds. The lowest BCUT2D eigenvalue weighted by Crippen LogP contribution is -2.39. The topological polar surface area (TPSA) is 33.1 Å². The van der Waals surface area contributed by atoms with E-state index in [4.69, 9.17) is 0 Å². The third kappa shape index (κ3) is 5.44. The summed E-state index contributed by atoms with van der Waals surface area (Å²) in [6.45, 7) is 5.39. The first kappa shape index (κ1) is 22.2. The van der Waals surface area contributed by atoms with Gasteiger partial charge in [-0.15, -0.1) is 24.8 Å². The molecule has 0 aliphatic carbocycles. The Morgan fingerprint density at radius 2 is 1.74 bits per heavy atom. The van der Waals surface area contributed by atoms with Gasteiger partial charge in [0.2, 0.25) is 0 Å². The number of hydrogen-bond acceptors (Lipinski definition) is 3. The fraction of sp³-hybridized carbons (Fsp3) is 0.550. The summed E-state index contributed by atoms with van der Waals surface area (Å²) in [5, 5.41) is 7.78. The number of rotatable bonds is 4. The number of benzene rings is 1. The Bertz CT molecular complexity index is 681. The second-order valence-electron chi connectivity index (χ2n) is 7.42. The molecule has 0 atom stereocenters. The van der Waals surface area contributed by atoms with Crippen molar-refractivity contribution in [2.24, 2.45) is 11.8 Å². The van der Waals surface area contributed by atoms with E-state index in [1.54, 1.807) is 12.3 Å². The SMILES string of the molecule is Cl.Cl.Fc1ccc(-n2cccn2)c(CN2CCC(C3CCNCC3)CC2)c1. The highest BCUT2D eigenvalue weighted by molar-refractivity contribution is 5.85.